The zero-order valence-corrected chi connectivity index (χ0v) is 17.5. The molecule has 5 nitrogen and oxygen atoms in total. The third-order valence-electron chi connectivity index (χ3n) is 6.25. The Kier molecular flexibility index (Phi) is 4.14. The van der Waals surface area contributed by atoms with E-state index in [0.29, 0.717) is 23.2 Å². The number of carbonyl (C=O) groups excluding carboxylic acids is 1. The number of rotatable bonds is 3. The molecule has 0 unspecified atom stereocenters. The van der Waals surface area contributed by atoms with Gasteiger partial charge < -0.3 is 4.57 Å². The summed E-state index contributed by atoms with van der Waals surface area (Å²) in [5.74, 6) is -0.280. The predicted octanol–water partition coefficient (Wildman–Crippen LogP) is 5.06. The highest BCUT2D eigenvalue weighted by atomic mass is 16.2. The number of nitrogens with zero attached hydrogens (tertiary/aromatic N) is 3. The van der Waals surface area contributed by atoms with Crippen LogP contribution in [0.25, 0.3) is 33.4 Å². The van der Waals surface area contributed by atoms with Crippen molar-refractivity contribution in [3.05, 3.63) is 118 Å². The van der Waals surface area contributed by atoms with Crippen molar-refractivity contribution in [2.75, 3.05) is 0 Å². The first-order valence-electron chi connectivity index (χ1n) is 10.6. The molecule has 1 aliphatic heterocycles. The van der Waals surface area contributed by atoms with Crippen LogP contribution in [-0.2, 0) is 6.54 Å². The van der Waals surface area contributed by atoms with Gasteiger partial charge in [-0.3, -0.25) is 14.2 Å². The van der Waals surface area contributed by atoms with Gasteiger partial charge in [0.1, 0.15) is 5.56 Å². The molecule has 1 aliphatic rings. The maximum Gasteiger partial charge on any atom is 0.268 e. The molecule has 0 N–H and O–H groups in total. The molecule has 0 radical (unpaired) electrons. The first-order chi connectivity index (χ1) is 16.2. The average Bonchev–Trinajstić information content (AvgIpc) is 3.45. The second-order valence-electron chi connectivity index (χ2n) is 8.08. The van der Waals surface area contributed by atoms with E-state index in [1.807, 2.05) is 78.9 Å². The molecule has 156 valence electrons. The summed E-state index contributed by atoms with van der Waals surface area (Å²) in [4.78, 5) is 26.2. The topological polar surface area (TPSA) is 67.8 Å². The van der Waals surface area contributed by atoms with Crippen LogP contribution in [0, 0.1) is 11.3 Å². The fourth-order valence-corrected chi connectivity index (χ4v) is 4.70. The highest BCUT2D eigenvalue weighted by molar-refractivity contribution is 6.10. The van der Waals surface area contributed by atoms with Gasteiger partial charge >= 0.3 is 0 Å². The van der Waals surface area contributed by atoms with Crippen molar-refractivity contribution in [1.82, 2.24) is 9.13 Å². The van der Waals surface area contributed by atoms with Gasteiger partial charge in [0, 0.05) is 18.1 Å². The third-order valence-corrected chi connectivity index (χ3v) is 6.25. The van der Waals surface area contributed by atoms with Gasteiger partial charge in [-0.05, 0) is 47.0 Å². The van der Waals surface area contributed by atoms with Crippen molar-refractivity contribution in [2.45, 2.75) is 6.54 Å². The molecule has 0 bridgehead atoms. The van der Waals surface area contributed by atoms with E-state index >= 15 is 0 Å². The van der Waals surface area contributed by atoms with Crippen LogP contribution >= 0.6 is 0 Å². The van der Waals surface area contributed by atoms with E-state index in [1.165, 1.54) is 0 Å². The van der Waals surface area contributed by atoms with E-state index in [-0.39, 0.29) is 16.9 Å². The van der Waals surface area contributed by atoms with Crippen LogP contribution in [0.1, 0.15) is 21.5 Å². The Labute approximate surface area is 189 Å². The van der Waals surface area contributed by atoms with E-state index in [9.17, 15) is 14.9 Å². The van der Waals surface area contributed by atoms with E-state index < -0.39 is 0 Å². The Bertz CT molecular complexity index is 1680. The number of fused-ring (bicyclic) bond motifs is 4. The van der Waals surface area contributed by atoms with Gasteiger partial charge in [0.25, 0.3) is 5.91 Å². The predicted molar refractivity (Wildman–Crippen MR) is 127 cm³/mol. The Morgan fingerprint density at radius 3 is 2.39 bits per heavy atom. The first kappa shape index (κ1) is 19.0. The number of hydrogen-bond acceptors (Lipinski definition) is 3. The van der Waals surface area contributed by atoms with Crippen molar-refractivity contribution < 1.29 is 4.79 Å². The fourth-order valence-electron chi connectivity index (χ4n) is 4.70. The Balaban J connectivity index is 1.51. The van der Waals surface area contributed by atoms with Crippen molar-refractivity contribution >= 4 is 16.8 Å². The highest BCUT2D eigenvalue weighted by Gasteiger charge is 2.32. The van der Waals surface area contributed by atoms with Gasteiger partial charge in [0.2, 0.25) is 5.43 Å². The van der Waals surface area contributed by atoms with Crippen molar-refractivity contribution in [3.63, 3.8) is 0 Å². The Morgan fingerprint density at radius 2 is 1.58 bits per heavy atom. The van der Waals surface area contributed by atoms with Crippen molar-refractivity contribution in [1.29, 1.82) is 5.26 Å². The quantitative estimate of drug-likeness (QED) is 0.397. The van der Waals surface area contributed by atoms with Crippen LogP contribution in [0.5, 0.6) is 0 Å². The molecule has 0 aliphatic carbocycles. The molecular formula is C28H17N3O2. The summed E-state index contributed by atoms with van der Waals surface area (Å²) in [5, 5.41) is 9.95. The van der Waals surface area contributed by atoms with Crippen LogP contribution in [0.2, 0.25) is 0 Å². The lowest BCUT2D eigenvalue weighted by molar-refractivity contribution is 0.0968. The maximum absolute atomic E-state index is 13.2. The number of hydrogen-bond donors (Lipinski definition) is 0. The first-order valence-corrected chi connectivity index (χ1v) is 10.6. The van der Waals surface area contributed by atoms with Crippen LogP contribution in [0.3, 0.4) is 0 Å². The van der Waals surface area contributed by atoms with Crippen molar-refractivity contribution in [3.8, 4) is 28.6 Å². The van der Waals surface area contributed by atoms with E-state index in [2.05, 4.69) is 10.6 Å². The van der Waals surface area contributed by atoms with Crippen LogP contribution in [0.4, 0.5) is 0 Å². The number of carbonyl (C=O) groups is 1. The summed E-state index contributed by atoms with van der Waals surface area (Å²) >= 11 is 0. The van der Waals surface area contributed by atoms with Gasteiger partial charge in [-0.25, -0.2) is 0 Å². The molecule has 33 heavy (non-hydrogen) atoms. The van der Waals surface area contributed by atoms with E-state index in [1.54, 1.807) is 16.8 Å². The molecule has 3 aromatic carbocycles. The molecular weight excluding hydrogens is 410 g/mol. The van der Waals surface area contributed by atoms with Crippen molar-refractivity contribution in [2.24, 2.45) is 0 Å². The number of nitriles is 1. The molecule has 0 saturated heterocycles. The number of pyridine rings is 1. The van der Waals surface area contributed by atoms with Crippen LogP contribution in [-0.4, -0.2) is 15.0 Å². The number of aromatic nitrogens is 2. The molecule has 2 aromatic heterocycles. The smallest absolute Gasteiger partial charge is 0.268 e. The largest absolute Gasteiger partial charge is 0.334 e. The molecule has 6 rings (SSSR count). The molecule has 0 amide bonds. The molecule has 5 aromatic rings. The molecule has 0 fully saturated rings. The summed E-state index contributed by atoms with van der Waals surface area (Å²) < 4.78 is 3.60. The summed E-state index contributed by atoms with van der Waals surface area (Å²) in [6, 6.07) is 29.0. The average molecular weight is 427 g/mol. The van der Waals surface area contributed by atoms with Gasteiger partial charge in [0.15, 0.2) is 0 Å². The molecule has 0 spiro atoms. The fraction of sp³-hybridized carbons (Fsp3) is 0.0357. The highest BCUT2D eigenvalue weighted by Crippen LogP contribution is 2.34. The minimum absolute atomic E-state index is 0.226. The lowest BCUT2D eigenvalue weighted by Crippen LogP contribution is -2.20. The van der Waals surface area contributed by atoms with Gasteiger partial charge in [-0.15, -0.1) is 0 Å². The minimum Gasteiger partial charge on any atom is -0.334 e. The minimum atomic E-state index is -0.280. The summed E-state index contributed by atoms with van der Waals surface area (Å²) in [5.41, 5.74) is 5.71. The maximum atomic E-state index is 13.2. The van der Waals surface area contributed by atoms with Crippen LogP contribution < -0.4 is 5.43 Å². The van der Waals surface area contributed by atoms with Crippen LogP contribution in [0.15, 0.2) is 95.9 Å². The van der Waals surface area contributed by atoms with E-state index in [4.69, 9.17) is 0 Å². The molecule has 0 saturated carbocycles. The Hall–Kier alpha value is -4.69. The Morgan fingerprint density at radius 1 is 0.818 bits per heavy atom. The lowest BCUT2D eigenvalue weighted by atomic mass is 9.99. The second-order valence-corrected chi connectivity index (χ2v) is 8.08. The zero-order chi connectivity index (χ0) is 22.5. The lowest BCUT2D eigenvalue weighted by Gasteiger charge is -2.16. The normalized spacial score (nSPS) is 11.9. The number of para-hydroxylation sites is 1. The zero-order valence-electron chi connectivity index (χ0n) is 17.5. The summed E-state index contributed by atoms with van der Waals surface area (Å²) in [6.45, 7) is 0.502. The molecule has 5 heteroatoms. The monoisotopic (exact) mass is 427 g/mol. The SMILES string of the molecule is N#Cc1ccccc1-c1ccc(Cn2c3c(c(=O)c4ccccc42)C(=O)n2cccc2-3)cc1. The summed E-state index contributed by atoms with van der Waals surface area (Å²) in [7, 11) is 0. The molecule has 0 atom stereocenters. The second kappa shape index (κ2) is 7.18. The van der Waals surface area contributed by atoms with Gasteiger partial charge in [0.05, 0.1) is 28.5 Å². The van der Waals surface area contributed by atoms with E-state index in [0.717, 1.165) is 27.9 Å². The summed E-state index contributed by atoms with van der Waals surface area (Å²) in [6.07, 6.45) is 1.70. The third kappa shape index (κ3) is 2.78. The van der Waals surface area contributed by atoms with Gasteiger partial charge in [-0.2, -0.15) is 5.26 Å². The van der Waals surface area contributed by atoms with Gasteiger partial charge in [-0.1, -0.05) is 54.6 Å². The number of benzene rings is 3. The standard InChI is InChI=1S/C28H17N3O2/c29-16-20-6-1-2-7-21(20)19-13-11-18(12-14-19)17-31-23-9-4-3-8-22(23)27(32)25-26(31)24-10-5-15-30(24)28(25)33/h1-15H,17H2. The molecule has 3 heterocycles.